The average molecular weight is 301 g/mol. The van der Waals surface area contributed by atoms with Gasteiger partial charge in [0.05, 0.1) is 11.6 Å². The van der Waals surface area contributed by atoms with Crippen LogP contribution >= 0.6 is 0 Å². The van der Waals surface area contributed by atoms with Crippen LogP contribution in [0, 0.1) is 17.2 Å². The molecule has 0 amide bonds. The number of hydrogen-bond acceptors (Lipinski definition) is 1. The van der Waals surface area contributed by atoms with E-state index in [0.717, 1.165) is 5.92 Å². The first-order chi connectivity index (χ1) is 11.3. The second-order valence-corrected chi connectivity index (χ2v) is 6.45. The Balaban J connectivity index is 1.69. The summed E-state index contributed by atoms with van der Waals surface area (Å²) in [5.74, 6) is 1.50. The molecule has 0 aliphatic heterocycles. The van der Waals surface area contributed by atoms with Gasteiger partial charge in [-0.2, -0.15) is 5.26 Å². The van der Waals surface area contributed by atoms with E-state index < -0.39 is 0 Å². The standard InChI is InChI=1S/C22H23N/c1-2-3-17-4-8-19(9-5-17)21-12-14-22(15-13-21)20-10-6-18(16-23)7-11-20/h2-3,6-7,10-15,17,19H,4-5,8-9H2,1H3/b3-2+/t17-,19-. The van der Waals surface area contributed by atoms with E-state index in [4.69, 9.17) is 5.26 Å². The van der Waals surface area contributed by atoms with Crippen molar-refractivity contribution in [2.45, 2.75) is 38.5 Å². The minimum Gasteiger partial charge on any atom is -0.192 e. The van der Waals surface area contributed by atoms with E-state index in [1.807, 2.05) is 24.3 Å². The fourth-order valence-electron chi connectivity index (χ4n) is 3.60. The molecule has 3 rings (SSSR count). The van der Waals surface area contributed by atoms with Gasteiger partial charge >= 0.3 is 0 Å². The largest absolute Gasteiger partial charge is 0.192 e. The maximum Gasteiger partial charge on any atom is 0.0991 e. The molecular weight excluding hydrogens is 278 g/mol. The summed E-state index contributed by atoms with van der Waals surface area (Å²) in [4.78, 5) is 0. The molecule has 0 radical (unpaired) electrons. The van der Waals surface area contributed by atoms with Crippen molar-refractivity contribution in [3.05, 3.63) is 71.8 Å². The van der Waals surface area contributed by atoms with Crippen LogP contribution in [0.1, 0.15) is 49.7 Å². The molecule has 1 fully saturated rings. The molecule has 0 unspecified atom stereocenters. The molecule has 0 saturated heterocycles. The fourth-order valence-corrected chi connectivity index (χ4v) is 3.60. The van der Waals surface area contributed by atoms with E-state index in [1.165, 1.54) is 42.4 Å². The van der Waals surface area contributed by atoms with Crippen LogP contribution in [0.15, 0.2) is 60.7 Å². The molecule has 1 heteroatoms. The van der Waals surface area contributed by atoms with E-state index in [2.05, 4.69) is 49.4 Å². The van der Waals surface area contributed by atoms with Crippen LogP contribution in [0.3, 0.4) is 0 Å². The van der Waals surface area contributed by atoms with Crippen LogP contribution in [-0.4, -0.2) is 0 Å². The zero-order valence-corrected chi connectivity index (χ0v) is 13.7. The van der Waals surface area contributed by atoms with Gasteiger partial charge in [-0.25, -0.2) is 0 Å². The molecule has 1 aliphatic carbocycles. The highest BCUT2D eigenvalue weighted by Crippen LogP contribution is 2.36. The van der Waals surface area contributed by atoms with Gasteiger partial charge in [0, 0.05) is 0 Å². The summed E-state index contributed by atoms with van der Waals surface area (Å²) < 4.78 is 0. The van der Waals surface area contributed by atoms with Crippen molar-refractivity contribution in [2.24, 2.45) is 5.92 Å². The van der Waals surface area contributed by atoms with Crippen molar-refractivity contribution in [3.63, 3.8) is 0 Å². The quantitative estimate of drug-likeness (QED) is 0.631. The first kappa shape index (κ1) is 15.6. The van der Waals surface area contributed by atoms with Gasteiger partial charge in [0.15, 0.2) is 0 Å². The smallest absolute Gasteiger partial charge is 0.0991 e. The van der Waals surface area contributed by atoms with Gasteiger partial charge in [0.25, 0.3) is 0 Å². The zero-order valence-electron chi connectivity index (χ0n) is 13.7. The third-order valence-electron chi connectivity index (χ3n) is 4.97. The number of allylic oxidation sites excluding steroid dienone is 2. The van der Waals surface area contributed by atoms with Crippen molar-refractivity contribution in [1.29, 1.82) is 5.26 Å². The highest BCUT2D eigenvalue weighted by Gasteiger charge is 2.20. The normalized spacial score (nSPS) is 21.2. The Bertz CT molecular complexity index is 693. The second-order valence-electron chi connectivity index (χ2n) is 6.45. The minimum absolute atomic E-state index is 0.711. The van der Waals surface area contributed by atoms with Gasteiger partial charge in [-0.05, 0) is 73.3 Å². The molecule has 116 valence electrons. The molecule has 0 aromatic heterocycles. The first-order valence-electron chi connectivity index (χ1n) is 8.53. The lowest BCUT2D eigenvalue weighted by Crippen LogP contribution is -2.11. The molecule has 0 atom stereocenters. The topological polar surface area (TPSA) is 23.8 Å². The number of hydrogen-bond donors (Lipinski definition) is 0. The summed E-state index contributed by atoms with van der Waals surface area (Å²) in [6, 6.07) is 19.0. The van der Waals surface area contributed by atoms with Crippen LogP contribution in [0.25, 0.3) is 11.1 Å². The first-order valence-corrected chi connectivity index (χ1v) is 8.53. The molecule has 1 saturated carbocycles. The SMILES string of the molecule is C/C=C/[C@H]1CC[C@H](c2ccc(-c3ccc(C#N)cc3)cc2)CC1. The van der Waals surface area contributed by atoms with Crippen molar-refractivity contribution in [2.75, 3.05) is 0 Å². The fraction of sp³-hybridized carbons (Fsp3) is 0.318. The lowest BCUT2D eigenvalue weighted by Gasteiger charge is -2.27. The van der Waals surface area contributed by atoms with E-state index in [0.29, 0.717) is 11.5 Å². The Hall–Kier alpha value is -2.33. The van der Waals surface area contributed by atoms with Crippen molar-refractivity contribution in [1.82, 2.24) is 0 Å². The average Bonchev–Trinajstić information content (AvgIpc) is 2.63. The predicted octanol–water partition coefficient (Wildman–Crippen LogP) is 6.08. The maximum atomic E-state index is 8.88. The summed E-state index contributed by atoms with van der Waals surface area (Å²) in [7, 11) is 0. The molecule has 23 heavy (non-hydrogen) atoms. The van der Waals surface area contributed by atoms with Crippen LogP contribution in [0.4, 0.5) is 0 Å². The van der Waals surface area contributed by atoms with Crippen LogP contribution in [-0.2, 0) is 0 Å². The summed E-state index contributed by atoms with van der Waals surface area (Å²) in [6.45, 7) is 2.12. The Morgan fingerprint density at radius 2 is 1.43 bits per heavy atom. The second kappa shape index (κ2) is 7.29. The minimum atomic E-state index is 0.711. The van der Waals surface area contributed by atoms with Gasteiger partial charge in [0.1, 0.15) is 0 Å². The zero-order chi connectivity index (χ0) is 16.1. The number of rotatable bonds is 3. The summed E-state index contributed by atoms with van der Waals surface area (Å²) in [5.41, 5.74) is 4.58. The van der Waals surface area contributed by atoms with Gasteiger partial charge in [-0.15, -0.1) is 0 Å². The molecule has 2 aromatic rings. The van der Waals surface area contributed by atoms with E-state index in [9.17, 15) is 0 Å². The van der Waals surface area contributed by atoms with Crippen LogP contribution in [0.2, 0.25) is 0 Å². The number of benzene rings is 2. The third-order valence-corrected chi connectivity index (χ3v) is 4.97. The van der Waals surface area contributed by atoms with Crippen molar-refractivity contribution in [3.8, 4) is 17.2 Å². The van der Waals surface area contributed by atoms with E-state index in [-0.39, 0.29) is 0 Å². The summed E-state index contributed by atoms with van der Waals surface area (Å²) in [5, 5.41) is 8.88. The van der Waals surface area contributed by atoms with E-state index >= 15 is 0 Å². The van der Waals surface area contributed by atoms with Gasteiger partial charge in [-0.3, -0.25) is 0 Å². The van der Waals surface area contributed by atoms with Gasteiger partial charge in [0.2, 0.25) is 0 Å². The predicted molar refractivity (Wildman–Crippen MR) is 96.1 cm³/mol. The van der Waals surface area contributed by atoms with Crippen molar-refractivity contribution < 1.29 is 0 Å². The summed E-state index contributed by atoms with van der Waals surface area (Å²) >= 11 is 0. The molecule has 0 bridgehead atoms. The Morgan fingerprint density at radius 3 is 1.96 bits per heavy atom. The molecule has 1 nitrogen and oxygen atoms in total. The number of nitrogens with zero attached hydrogens (tertiary/aromatic N) is 1. The monoisotopic (exact) mass is 301 g/mol. The van der Waals surface area contributed by atoms with E-state index in [1.54, 1.807) is 0 Å². The highest BCUT2D eigenvalue weighted by atomic mass is 14.3. The Morgan fingerprint density at radius 1 is 0.870 bits per heavy atom. The lowest BCUT2D eigenvalue weighted by atomic mass is 9.78. The molecular formula is C22H23N. The molecule has 0 heterocycles. The summed E-state index contributed by atoms with van der Waals surface area (Å²) in [6.07, 6.45) is 9.77. The van der Waals surface area contributed by atoms with Gasteiger partial charge < -0.3 is 0 Å². The molecule has 2 aromatic carbocycles. The van der Waals surface area contributed by atoms with Crippen LogP contribution < -0.4 is 0 Å². The Labute approximate surface area is 139 Å². The lowest BCUT2D eigenvalue weighted by molar-refractivity contribution is 0.376. The number of nitriles is 1. The van der Waals surface area contributed by atoms with Crippen LogP contribution in [0.5, 0.6) is 0 Å². The highest BCUT2D eigenvalue weighted by molar-refractivity contribution is 5.64. The Kier molecular flexibility index (Phi) is 4.93. The molecule has 1 aliphatic rings. The molecule has 0 spiro atoms. The van der Waals surface area contributed by atoms with Crippen molar-refractivity contribution >= 4 is 0 Å². The third kappa shape index (κ3) is 3.71. The maximum absolute atomic E-state index is 8.88. The molecule has 0 N–H and O–H groups in total. The van der Waals surface area contributed by atoms with Gasteiger partial charge in [-0.1, -0.05) is 48.6 Å².